The number of benzene rings is 1. The number of para-hydroxylation sites is 1. The van der Waals surface area contributed by atoms with Crippen LogP contribution in [-0.4, -0.2) is 31.5 Å². The van der Waals surface area contributed by atoms with Crippen LogP contribution in [0.15, 0.2) is 54.7 Å². The molecule has 0 radical (unpaired) electrons. The molecule has 3 aromatic heterocycles. The van der Waals surface area contributed by atoms with Gasteiger partial charge in [0.1, 0.15) is 22.8 Å². The number of pyridine rings is 2. The number of aromatic nitrogens is 5. The lowest BCUT2D eigenvalue weighted by molar-refractivity contribution is -0.141. The monoisotopic (exact) mass is 504 g/mol. The molecule has 0 saturated heterocycles. The van der Waals surface area contributed by atoms with Crippen LogP contribution >= 0.6 is 0 Å². The van der Waals surface area contributed by atoms with Gasteiger partial charge in [-0.05, 0) is 35.9 Å². The van der Waals surface area contributed by atoms with Crippen LogP contribution in [0.1, 0.15) is 17.0 Å². The van der Waals surface area contributed by atoms with Gasteiger partial charge in [0.25, 0.3) is 0 Å². The summed E-state index contributed by atoms with van der Waals surface area (Å²) in [6.07, 6.45) is -7.78. The van der Waals surface area contributed by atoms with Crippen molar-refractivity contribution in [3.05, 3.63) is 71.7 Å². The number of ether oxygens (including phenoxy) is 1. The normalized spacial score (nSPS) is 13.3. The second-order valence-electron chi connectivity index (χ2n) is 7.66. The smallest absolute Gasteiger partial charge is 0.433 e. The van der Waals surface area contributed by atoms with E-state index in [0.29, 0.717) is 24.3 Å². The van der Waals surface area contributed by atoms with Gasteiger partial charge in [-0.3, -0.25) is 4.98 Å². The summed E-state index contributed by atoms with van der Waals surface area (Å²) in [7, 11) is 0. The van der Waals surface area contributed by atoms with Crippen molar-refractivity contribution < 1.29 is 31.1 Å². The first-order chi connectivity index (χ1) is 17.1. The SMILES string of the molecule is FC(F)(F)c1cc(Nc2nc(-c3cccc(C(F)(F)F)n3)nc(-c3cccc4c3OCC4)n2)ccn1. The van der Waals surface area contributed by atoms with Gasteiger partial charge in [0.05, 0.1) is 12.2 Å². The average Bonchev–Trinajstić information content (AvgIpc) is 3.32. The largest absolute Gasteiger partial charge is 0.492 e. The summed E-state index contributed by atoms with van der Waals surface area (Å²) in [6.45, 7) is 0.432. The highest BCUT2D eigenvalue weighted by Gasteiger charge is 2.33. The van der Waals surface area contributed by atoms with Gasteiger partial charge in [0.2, 0.25) is 5.95 Å². The number of alkyl halides is 6. The molecule has 0 atom stereocenters. The van der Waals surface area contributed by atoms with Crippen molar-refractivity contribution in [3.63, 3.8) is 0 Å². The van der Waals surface area contributed by atoms with Gasteiger partial charge in [0, 0.05) is 18.3 Å². The maximum atomic E-state index is 13.2. The summed E-state index contributed by atoms with van der Waals surface area (Å²) >= 11 is 0. The minimum Gasteiger partial charge on any atom is -0.492 e. The second-order valence-corrected chi connectivity index (χ2v) is 7.66. The summed E-state index contributed by atoms with van der Waals surface area (Å²) in [5.41, 5.74) is -1.18. The third-order valence-electron chi connectivity index (χ3n) is 5.17. The van der Waals surface area contributed by atoms with E-state index in [9.17, 15) is 26.3 Å². The maximum Gasteiger partial charge on any atom is 0.433 e. The second kappa shape index (κ2) is 8.73. The van der Waals surface area contributed by atoms with E-state index in [2.05, 4.69) is 30.2 Å². The summed E-state index contributed by atoms with van der Waals surface area (Å²) < 4.78 is 84.7. The molecule has 184 valence electrons. The Morgan fingerprint density at radius 2 is 1.53 bits per heavy atom. The molecule has 7 nitrogen and oxygen atoms in total. The van der Waals surface area contributed by atoms with Crippen LogP contribution in [0.3, 0.4) is 0 Å². The van der Waals surface area contributed by atoms with Crippen LogP contribution in [0, 0.1) is 0 Å². The Labute approximate surface area is 199 Å². The van der Waals surface area contributed by atoms with Crippen LogP contribution in [0.4, 0.5) is 38.0 Å². The minimum absolute atomic E-state index is 0.0352. The fraction of sp³-hybridized carbons (Fsp3) is 0.174. The first kappa shape index (κ1) is 23.5. The van der Waals surface area contributed by atoms with Gasteiger partial charge in [0.15, 0.2) is 11.6 Å². The number of fused-ring (bicyclic) bond motifs is 1. The van der Waals surface area contributed by atoms with Crippen molar-refractivity contribution in [3.8, 4) is 28.7 Å². The van der Waals surface area contributed by atoms with E-state index in [1.54, 1.807) is 12.1 Å². The van der Waals surface area contributed by atoms with Crippen LogP contribution in [0.5, 0.6) is 5.75 Å². The molecule has 1 aliphatic rings. The van der Waals surface area contributed by atoms with Gasteiger partial charge in [-0.25, -0.2) is 9.97 Å². The Morgan fingerprint density at radius 3 is 2.31 bits per heavy atom. The van der Waals surface area contributed by atoms with Crippen LogP contribution in [0.25, 0.3) is 22.9 Å². The first-order valence-electron chi connectivity index (χ1n) is 10.4. The molecule has 36 heavy (non-hydrogen) atoms. The highest BCUT2D eigenvalue weighted by Crippen LogP contribution is 2.37. The Morgan fingerprint density at radius 1 is 0.778 bits per heavy atom. The molecule has 0 unspecified atom stereocenters. The van der Waals surface area contributed by atoms with E-state index in [4.69, 9.17) is 4.74 Å². The molecule has 4 heterocycles. The molecule has 0 amide bonds. The zero-order valence-electron chi connectivity index (χ0n) is 18.0. The topological polar surface area (TPSA) is 85.7 Å². The van der Waals surface area contributed by atoms with Crippen LogP contribution in [0.2, 0.25) is 0 Å². The van der Waals surface area contributed by atoms with Crippen LogP contribution < -0.4 is 10.1 Å². The molecular weight excluding hydrogens is 490 g/mol. The Hall–Kier alpha value is -4.29. The molecule has 13 heteroatoms. The maximum absolute atomic E-state index is 13.2. The van der Waals surface area contributed by atoms with Gasteiger partial charge in [-0.2, -0.15) is 36.3 Å². The summed E-state index contributed by atoms with van der Waals surface area (Å²) in [5.74, 6) is 0.143. The molecule has 4 aromatic rings. The van der Waals surface area contributed by atoms with E-state index in [1.807, 2.05) is 6.07 Å². The lowest BCUT2D eigenvalue weighted by Gasteiger charge is -2.13. The quantitative estimate of drug-likeness (QED) is 0.356. The van der Waals surface area contributed by atoms with Crippen molar-refractivity contribution in [1.82, 2.24) is 24.9 Å². The predicted molar refractivity (Wildman–Crippen MR) is 115 cm³/mol. The molecule has 1 aliphatic heterocycles. The Kier molecular flexibility index (Phi) is 5.69. The average molecular weight is 504 g/mol. The van der Waals surface area contributed by atoms with E-state index in [1.165, 1.54) is 12.1 Å². The predicted octanol–water partition coefficient (Wildman–Crippen LogP) is 5.71. The third kappa shape index (κ3) is 4.76. The van der Waals surface area contributed by atoms with E-state index in [0.717, 1.165) is 30.0 Å². The lowest BCUT2D eigenvalue weighted by Crippen LogP contribution is -2.10. The van der Waals surface area contributed by atoms with Crippen molar-refractivity contribution >= 4 is 11.6 Å². The number of anilines is 2. The van der Waals surface area contributed by atoms with E-state index in [-0.39, 0.29) is 29.0 Å². The highest BCUT2D eigenvalue weighted by molar-refractivity contribution is 5.70. The number of nitrogens with zero attached hydrogens (tertiary/aromatic N) is 5. The standard InChI is InChI=1S/C23H14F6N6O/c24-22(25,26)16-6-2-5-15(32-16)20-33-19(14-4-1-3-12-8-10-36-18(12)14)34-21(35-20)31-13-7-9-30-17(11-13)23(27,28)29/h1-7,9,11H,8,10H2,(H,30,31,33,34,35). The number of hydrogen-bond acceptors (Lipinski definition) is 7. The molecule has 0 saturated carbocycles. The van der Waals surface area contributed by atoms with Gasteiger partial charge in [-0.15, -0.1) is 0 Å². The van der Waals surface area contributed by atoms with Crippen molar-refractivity contribution in [2.45, 2.75) is 18.8 Å². The third-order valence-corrected chi connectivity index (χ3v) is 5.17. The van der Waals surface area contributed by atoms with Crippen LogP contribution in [-0.2, 0) is 18.8 Å². The molecule has 1 aromatic carbocycles. The summed E-state index contributed by atoms with van der Waals surface area (Å²) in [4.78, 5) is 19.7. The molecule has 5 rings (SSSR count). The molecule has 0 bridgehead atoms. The number of nitrogens with one attached hydrogen (secondary N) is 1. The zero-order valence-corrected chi connectivity index (χ0v) is 18.0. The molecule has 1 N–H and O–H groups in total. The Balaban J connectivity index is 1.63. The highest BCUT2D eigenvalue weighted by atomic mass is 19.4. The van der Waals surface area contributed by atoms with Gasteiger partial charge < -0.3 is 10.1 Å². The van der Waals surface area contributed by atoms with Crippen molar-refractivity contribution in [2.24, 2.45) is 0 Å². The summed E-state index contributed by atoms with van der Waals surface area (Å²) in [6, 6.07) is 10.6. The van der Waals surface area contributed by atoms with E-state index < -0.39 is 23.7 Å². The number of halogens is 6. The fourth-order valence-electron chi connectivity index (χ4n) is 3.57. The summed E-state index contributed by atoms with van der Waals surface area (Å²) in [5, 5.41) is 2.66. The molecular formula is C23H14F6N6O. The Bertz CT molecular complexity index is 1440. The first-order valence-corrected chi connectivity index (χ1v) is 10.4. The number of hydrogen-bond donors (Lipinski definition) is 1. The van der Waals surface area contributed by atoms with Gasteiger partial charge in [-0.1, -0.05) is 18.2 Å². The molecule has 0 spiro atoms. The molecule has 0 fully saturated rings. The lowest BCUT2D eigenvalue weighted by atomic mass is 10.1. The van der Waals surface area contributed by atoms with E-state index >= 15 is 0 Å². The zero-order chi connectivity index (χ0) is 25.5. The number of rotatable bonds is 4. The fourth-order valence-corrected chi connectivity index (χ4v) is 3.57. The van der Waals surface area contributed by atoms with Gasteiger partial charge >= 0.3 is 12.4 Å². The molecule has 0 aliphatic carbocycles. The minimum atomic E-state index is -4.70. The van der Waals surface area contributed by atoms with Crippen molar-refractivity contribution in [2.75, 3.05) is 11.9 Å². The van der Waals surface area contributed by atoms with Crippen molar-refractivity contribution in [1.29, 1.82) is 0 Å².